The van der Waals surface area contributed by atoms with E-state index in [1.165, 1.54) is 7.05 Å². The highest BCUT2D eigenvalue weighted by molar-refractivity contribution is 7.89. The third-order valence-corrected chi connectivity index (χ3v) is 8.17. The molecule has 0 spiro atoms. The number of hydrogen-bond acceptors (Lipinski definition) is 6. The standard InChI is InChI=1S/C26H31N3O5S/c1-27(35(31,32)23-10-9-21-6-4-5-7-22(21)17-23)19-26(30)29-14-12-28(13-15-29)18-20-8-11-24(33-2)25(16-20)34-3/h4-11,16-17H,12-15,18-19H2,1-3H3. The molecule has 3 aromatic carbocycles. The summed E-state index contributed by atoms with van der Waals surface area (Å²) in [6.07, 6.45) is 0. The highest BCUT2D eigenvalue weighted by Crippen LogP contribution is 2.28. The average molecular weight is 498 g/mol. The molecule has 35 heavy (non-hydrogen) atoms. The van der Waals surface area contributed by atoms with E-state index in [4.69, 9.17) is 9.47 Å². The fraction of sp³-hybridized carbons (Fsp3) is 0.346. The summed E-state index contributed by atoms with van der Waals surface area (Å²) in [7, 11) is 0.903. The number of hydrogen-bond donors (Lipinski definition) is 0. The fourth-order valence-electron chi connectivity index (χ4n) is 4.28. The van der Waals surface area contributed by atoms with Crippen molar-refractivity contribution in [2.45, 2.75) is 11.4 Å². The lowest BCUT2D eigenvalue weighted by atomic mass is 10.1. The van der Waals surface area contributed by atoms with Crippen molar-refractivity contribution in [1.29, 1.82) is 0 Å². The molecular weight excluding hydrogens is 466 g/mol. The van der Waals surface area contributed by atoms with Crippen LogP contribution in [-0.4, -0.2) is 82.4 Å². The molecule has 0 unspecified atom stereocenters. The van der Waals surface area contributed by atoms with Crippen molar-refractivity contribution in [1.82, 2.24) is 14.1 Å². The van der Waals surface area contributed by atoms with E-state index in [9.17, 15) is 13.2 Å². The van der Waals surface area contributed by atoms with Gasteiger partial charge in [-0.05, 0) is 40.6 Å². The van der Waals surface area contributed by atoms with Crippen LogP contribution < -0.4 is 9.47 Å². The van der Waals surface area contributed by atoms with Crippen molar-refractivity contribution in [2.24, 2.45) is 0 Å². The van der Waals surface area contributed by atoms with Crippen molar-refractivity contribution in [2.75, 3.05) is 54.0 Å². The Labute approximate surface area is 206 Å². The Morgan fingerprint density at radius 3 is 2.26 bits per heavy atom. The fourth-order valence-corrected chi connectivity index (χ4v) is 5.43. The van der Waals surface area contributed by atoms with Crippen molar-refractivity contribution < 1.29 is 22.7 Å². The summed E-state index contributed by atoms with van der Waals surface area (Å²) in [6, 6.07) is 18.5. The third kappa shape index (κ3) is 5.58. The lowest BCUT2D eigenvalue weighted by molar-refractivity contribution is -0.133. The van der Waals surface area contributed by atoms with Gasteiger partial charge in [-0.25, -0.2) is 8.42 Å². The summed E-state index contributed by atoms with van der Waals surface area (Å²) in [5.41, 5.74) is 1.10. The van der Waals surface area contributed by atoms with Crippen molar-refractivity contribution in [3.63, 3.8) is 0 Å². The van der Waals surface area contributed by atoms with Gasteiger partial charge in [-0.2, -0.15) is 4.31 Å². The number of methoxy groups -OCH3 is 2. The SMILES string of the molecule is COc1ccc(CN2CCN(C(=O)CN(C)S(=O)(=O)c3ccc4ccccc4c3)CC2)cc1OC. The van der Waals surface area contributed by atoms with Gasteiger partial charge in [0.05, 0.1) is 25.7 Å². The molecule has 4 rings (SSSR count). The van der Waals surface area contributed by atoms with Gasteiger partial charge in [0, 0.05) is 39.8 Å². The summed E-state index contributed by atoms with van der Waals surface area (Å²) in [5.74, 6) is 1.19. The first-order valence-electron chi connectivity index (χ1n) is 11.5. The second-order valence-electron chi connectivity index (χ2n) is 8.62. The minimum Gasteiger partial charge on any atom is -0.493 e. The molecule has 0 radical (unpaired) electrons. The third-order valence-electron chi connectivity index (χ3n) is 6.37. The number of benzene rings is 3. The second-order valence-corrected chi connectivity index (χ2v) is 10.7. The number of ether oxygens (including phenoxy) is 2. The first kappa shape index (κ1) is 25.0. The van der Waals surface area contributed by atoms with Crippen LogP contribution in [0.15, 0.2) is 65.6 Å². The Morgan fingerprint density at radius 2 is 1.57 bits per heavy atom. The molecule has 1 amide bonds. The number of sulfonamides is 1. The van der Waals surface area contributed by atoms with Gasteiger partial charge in [-0.1, -0.05) is 36.4 Å². The summed E-state index contributed by atoms with van der Waals surface area (Å²) in [6.45, 7) is 3.07. The molecule has 3 aromatic rings. The average Bonchev–Trinajstić information content (AvgIpc) is 2.88. The number of likely N-dealkylation sites (N-methyl/N-ethyl adjacent to an activating group) is 1. The van der Waals surface area contributed by atoms with Crippen molar-refractivity contribution in [3.8, 4) is 11.5 Å². The lowest BCUT2D eigenvalue weighted by Crippen LogP contribution is -2.51. The Balaban J connectivity index is 1.33. The van der Waals surface area contributed by atoms with E-state index in [1.54, 1.807) is 37.3 Å². The molecule has 0 aromatic heterocycles. The van der Waals surface area contributed by atoms with Crippen LogP contribution in [0.25, 0.3) is 10.8 Å². The number of piperazine rings is 1. The molecule has 1 fully saturated rings. The van der Waals surface area contributed by atoms with Crippen LogP contribution in [0.5, 0.6) is 11.5 Å². The molecule has 1 saturated heterocycles. The summed E-state index contributed by atoms with van der Waals surface area (Å²) in [5, 5.41) is 1.81. The number of fused-ring (bicyclic) bond motifs is 1. The summed E-state index contributed by atoms with van der Waals surface area (Å²) in [4.78, 5) is 17.1. The van der Waals surface area contributed by atoms with Crippen LogP contribution >= 0.6 is 0 Å². The largest absolute Gasteiger partial charge is 0.493 e. The Kier molecular flexibility index (Phi) is 7.59. The Morgan fingerprint density at radius 1 is 0.886 bits per heavy atom. The molecule has 0 N–H and O–H groups in total. The van der Waals surface area contributed by atoms with Gasteiger partial charge in [-0.3, -0.25) is 9.69 Å². The monoisotopic (exact) mass is 497 g/mol. The molecule has 1 aliphatic rings. The molecule has 0 saturated carbocycles. The number of carbonyl (C=O) groups is 1. The molecule has 8 nitrogen and oxygen atoms in total. The van der Waals surface area contributed by atoms with Crippen LogP contribution in [0.1, 0.15) is 5.56 Å². The van der Waals surface area contributed by atoms with Gasteiger partial charge in [-0.15, -0.1) is 0 Å². The molecule has 0 atom stereocenters. The maximum absolute atomic E-state index is 13.1. The normalized spacial score (nSPS) is 14.9. The van der Waals surface area contributed by atoms with Gasteiger partial charge >= 0.3 is 0 Å². The smallest absolute Gasteiger partial charge is 0.243 e. The van der Waals surface area contributed by atoms with Crippen LogP contribution in [0, 0.1) is 0 Å². The molecule has 9 heteroatoms. The second kappa shape index (κ2) is 10.6. The topological polar surface area (TPSA) is 79.4 Å². The van der Waals surface area contributed by atoms with Gasteiger partial charge in [0.25, 0.3) is 0 Å². The quantitative estimate of drug-likeness (QED) is 0.476. The van der Waals surface area contributed by atoms with Gasteiger partial charge < -0.3 is 14.4 Å². The number of nitrogens with zero attached hydrogens (tertiary/aromatic N) is 3. The molecular formula is C26H31N3O5S. The summed E-state index contributed by atoms with van der Waals surface area (Å²) >= 11 is 0. The minimum atomic E-state index is -3.77. The van der Waals surface area contributed by atoms with Crippen LogP contribution in [0.2, 0.25) is 0 Å². The van der Waals surface area contributed by atoms with E-state index in [-0.39, 0.29) is 17.3 Å². The first-order chi connectivity index (χ1) is 16.8. The highest BCUT2D eigenvalue weighted by Gasteiger charge is 2.27. The summed E-state index contributed by atoms with van der Waals surface area (Å²) < 4.78 is 38.0. The van der Waals surface area contributed by atoms with E-state index in [1.807, 2.05) is 42.5 Å². The zero-order chi connectivity index (χ0) is 25.0. The van der Waals surface area contributed by atoms with Gasteiger partial charge in [0.2, 0.25) is 15.9 Å². The molecule has 0 bridgehead atoms. The zero-order valence-electron chi connectivity index (χ0n) is 20.3. The Hall–Kier alpha value is -3.14. The zero-order valence-corrected chi connectivity index (χ0v) is 21.1. The van der Waals surface area contributed by atoms with E-state index in [0.717, 1.165) is 27.2 Å². The maximum Gasteiger partial charge on any atom is 0.243 e. The van der Waals surface area contributed by atoms with E-state index >= 15 is 0 Å². The number of carbonyl (C=O) groups excluding carboxylic acids is 1. The first-order valence-corrected chi connectivity index (χ1v) is 12.9. The predicted molar refractivity (Wildman–Crippen MR) is 135 cm³/mol. The molecule has 186 valence electrons. The van der Waals surface area contributed by atoms with Gasteiger partial charge in [0.15, 0.2) is 11.5 Å². The van der Waals surface area contributed by atoms with Crippen LogP contribution in [0.4, 0.5) is 0 Å². The molecule has 1 heterocycles. The van der Waals surface area contributed by atoms with Crippen molar-refractivity contribution in [3.05, 3.63) is 66.2 Å². The molecule has 1 aliphatic heterocycles. The minimum absolute atomic E-state index is 0.186. The van der Waals surface area contributed by atoms with E-state index < -0.39 is 10.0 Å². The molecule has 0 aliphatic carbocycles. The van der Waals surface area contributed by atoms with E-state index in [2.05, 4.69) is 4.90 Å². The van der Waals surface area contributed by atoms with Crippen molar-refractivity contribution >= 4 is 26.7 Å². The number of rotatable bonds is 8. The van der Waals surface area contributed by atoms with Crippen LogP contribution in [0.3, 0.4) is 0 Å². The Bertz CT molecular complexity index is 1300. The maximum atomic E-state index is 13.1. The van der Waals surface area contributed by atoms with Gasteiger partial charge in [0.1, 0.15) is 0 Å². The predicted octanol–water partition coefficient (Wildman–Crippen LogP) is 2.82. The highest BCUT2D eigenvalue weighted by atomic mass is 32.2. The lowest BCUT2D eigenvalue weighted by Gasteiger charge is -2.35. The van der Waals surface area contributed by atoms with Crippen LogP contribution in [-0.2, 0) is 21.4 Å². The number of amides is 1. The van der Waals surface area contributed by atoms with E-state index in [0.29, 0.717) is 37.7 Å².